The lowest BCUT2D eigenvalue weighted by molar-refractivity contribution is 0.101. The maximum absolute atomic E-state index is 12.5. The van der Waals surface area contributed by atoms with E-state index in [0.717, 1.165) is 5.56 Å². The van der Waals surface area contributed by atoms with Crippen LogP contribution in [-0.2, 0) is 10.1 Å². The van der Waals surface area contributed by atoms with E-state index < -0.39 is 15.7 Å². The van der Waals surface area contributed by atoms with E-state index in [1.165, 1.54) is 49.4 Å². The van der Waals surface area contributed by atoms with Crippen molar-refractivity contribution in [3.63, 3.8) is 0 Å². The summed E-state index contributed by atoms with van der Waals surface area (Å²) in [6.45, 7) is 5.25. The number of carbonyl (C=O) groups excluding carboxylic acids is 1. The molecule has 0 aliphatic heterocycles. The molecule has 0 atom stereocenters. The third-order valence-corrected chi connectivity index (χ3v) is 5.35. The van der Waals surface area contributed by atoms with Gasteiger partial charge in [-0.3, -0.25) is 4.79 Å². The van der Waals surface area contributed by atoms with Crippen LogP contribution in [0.2, 0.25) is 0 Å². The largest absolute Gasteiger partial charge is 0.423 e. The molecule has 1 heterocycles. The van der Waals surface area contributed by atoms with Crippen molar-refractivity contribution in [1.82, 2.24) is 0 Å². The van der Waals surface area contributed by atoms with Gasteiger partial charge >= 0.3 is 15.7 Å². The van der Waals surface area contributed by atoms with E-state index in [9.17, 15) is 18.0 Å². The van der Waals surface area contributed by atoms with E-state index in [0.29, 0.717) is 5.39 Å². The zero-order valence-corrected chi connectivity index (χ0v) is 15.9. The Bertz CT molecular complexity index is 1190. The summed E-state index contributed by atoms with van der Waals surface area (Å²) in [6.07, 6.45) is 0. The van der Waals surface area contributed by atoms with Crippen LogP contribution in [-0.4, -0.2) is 14.2 Å². The molecule has 140 valence electrons. The van der Waals surface area contributed by atoms with Gasteiger partial charge in [0.05, 0.1) is 0 Å². The van der Waals surface area contributed by atoms with Gasteiger partial charge in [0.1, 0.15) is 16.2 Å². The van der Waals surface area contributed by atoms with Crippen molar-refractivity contribution in [2.75, 3.05) is 0 Å². The number of ketones is 1. The van der Waals surface area contributed by atoms with Crippen LogP contribution in [0.25, 0.3) is 11.0 Å². The highest BCUT2D eigenvalue weighted by atomic mass is 32.2. The summed E-state index contributed by atoms with van der Waals surface area (Å²) < 4.78 is 35.4. The molecule has 2 aromatic carbocycles. The standard InChI is InChI=1S/C20H18O6S/c1-12(2)18-11-20(22)25-19-10-15(7-8-17(18)19)26-27(23,24)16-6-4-5-14(9-16)13(3)21/h4-12H,1-3H3. The van der Waals surface area contributed by atoms with Crippen molar-refractivity contribution in [1.29, 1.82) is 0 Å². The van der Waals surface area contributed by atoms with E-state index in [-0.39, 0.29) is 33.5 Å². The predicted molar refractivity (Wildman–Crippen MR) is 101 cm³/mol. The average Bonchev–Trinajstić information content (AvgIpc) is 2.60. The molecule has 0 aliphatic carbocycles. The predicted octanol–water partition coefficient (Wildman–Crippen LogP) is 3.89. The number of rotatable bonds is 5. The van der Waals surface area contributed by atoms with Crippen molar-refractivity contribution < 1.29 is 21.8 Å². The van der Waals surface area contributed by atoms with E-state index in [4.69, 9.17) is 8.60 Å². The zero-order chi connectivity index (χ0) is 19.8. The van der Waals surface area contributed by atoms with Crippen LogP contribution in [0.15, 0.2) is 62.6 Å². The van der Waals surface area contributed by atoms with Crippen molar-refractivity contribution in [3.8, 4) is 5.75 Å². The minimum atomic E-state index is -4.15. The summed E-state index contributed by atoms with van der Waals surface area (Å²) >= 11 is 0. The highest BCUT2D eigenvalue weighted by Crippen LogP contribution is 2.28. The third-order valence-electron chi connectivity index (χ3n) is 4.11. The molecule has 0 saturated heterocycles. The Labute approximate surface area is 156 Å². The first-order valence-electron chi connectivity index (χ1n) is 8.30. The van der Waals surface area contributed by atoms with Gasteiger partial charge in [0.25, 0.3) is 0 Å². The van der Waals surface area contributed by atoms with Gasteiger partial charge in [-0.2, -0.15) is 8.42 Å². The zero-order valence-electron chi connectivity index (χ0n) is 15.1. The van der Waals surface area contributed by atoms with Crippen LogP contribution < -0.4 is 9.81 Å². The van der Waals surface area contributed by atoms with Gasteiger partial charge in [0.2, 0.25) is 0 Å². The van der Waals surface area contributed by atoms with Gasteiger partial charge in [-0.25, -0.2) is 4.79 Å². The van der Waals surface area contributed by atoms with Crippen molar-refractivity contribution in [3.05, 3.63) is 70.1 Å². The topological polar surface area (TPSA) is 90.6 Å². The summed E-state index contributed by atoms with van der Waals surface area (Å²) in [4.78, 5) is 23.1. The van der Waals surface area contributed by atoms with Gasteiger partial charge in [0, 0.05) is 23.1 Å². The smallest absolute Gasteiger partial charge is 0.339 e. The van der Waals surface area contributed by atoms with E-state index in [1.54, 1.807) is 6.07 Å². The number of fused-ring (bicyclic) bond motifs is 1. The summed E-state index contributed by atoms with van der Waals surface area (Å²) in [5, 5.41) is 0.716. The fraction of sp³-hybridized carbons (Fsp3) is 0.200. The Hall–Kier alpha value is -2.93. The van der Waals surface area contributed by atoms with Crippen molar-refractivity contribution >= 4 is 26.9 Å². The molecule has 0 amide bonds. The van der Waals surface area contributed by atoms with Crippen molar-refractivity contribution in [2.24, 2.45) is 0 Å². The first kappa shape index (κ1) is 18.8. The molecule has 0 unspecified atom stereocenters. The third kappa shape index (κ3) is 3.93. The molecular weight excluding hydrogens is 368 g/mol. The van der Waals surface area contributed by atoms with E-state index >= 15 is 0 Å². The van der Waals surface area contributed by atoms with Crippen molar-refractivity contribution in [2.45, 2.75) is 31.6 Å². The highest BCUT2D eigenvalue weighted by Gasteiger charge is 2.19. The molecule has 1 aromatic heterocycles. The molecule has 3 rings (SSSR count). The van der Waals surface area contributed by atoms with Gasteiger partial charge in [-0.1, -0.05) is 26.0 Å². The Morgan fingerprint density at radius 3 is 2.48 bits per heavy atom. The molecule has 7 heteroatoms. The van der Waals surface area contributed by atoms with E-state index in [1.807, 2.05) is 13.8 Å². The summed E-state index contributed by atoms with van der Waals surface area (Å²) in [5.74, 6) is -0.137. The molecular formula is C20H18O6S. The normalized spacial score (nSPS) is 11.7. The van der Waals surface area contributed by atoms with Gasteiger partial charge < -0.3 is 8.60 Å². The fourth-order valence-corrected chi connectivity index (χ4v) is 3.71. The molecule has 0 radical (unpaired) electrons. The summed E-state index contributed by atoms with van der Waals surface area (Å²) in [7, 11) is -4.15. The molecule has 0 bridgehead atoms. The maximum Gasteiger partial charge on any atom is 0.339 e. The SMILES string of the molecule is CC(=O)c1cccc(S(=O)(=O)Oc2ccc3c(C(C)C)cc(=O)oc3c2)c1. The number of benzene rings is 2. The first-order valence-corrected chi connectivity index (χ1v) is 9.71. The Morgan fingerprint density at radius 1 is 1.07 bits per heavy atom. The van der Waals surface area contributed by atoms with Gasteiger partial charge in [0.15, 0.2) is 5.78 Å². The average molecular weight is 386 g/mol. The molecule has 3 aromatic rings. The van der Waals surface area contributed by atoms with Gasteiger partial charge in [-0.15, -0.1) is 0 Å². The lowest BCUT2D eigenvalue weighted by Crippen LogP contribution is -2.11. The Morgan fingerprint density at radius 2 is 1.81 bits per heavy atom. The monoisotopic (exact) mass is 386 g/mol. The number of Topliss-reactive ketones (excluding diaryl/α,β-unsaturated/α-hetero) is 1. The van der Waals surface area contributed by atoms with E-state index in [2.05, 4.69) is 0 Å². The molecule has 0 fully saturated rings. The molecule has 0 saturated carbocycles. The van der Waals surface area contributed by atoms with Crippen LogP contribution in [0, 0.1) is 0 Å². The summed E-state index contributed by atoms with van der Waals surface area (Å²) in [5.41, 5.74) is 0.812. The fourth-order valence-electron chi connectivity index (χ4n) is 2.74. The molecule has 27 heavy (non-hydrogen) atoms. The lowest BCUT2D eigenvalue weighted by Gasteiger charge is -2.11. The minimum absolute atomic E-state index is 0.0137. The summed E-state index contributed by atoms with van der Waals surface area (Å²) in [6, 6.07) is 11.6. The van der Waals surface area contributed by atoms with Crippen LogP contribution >= 0.6 is 0 Å². The molecule has 0 aliphatic rings. The number of hydrogen-bond acceptors (Lipinski definition) is 6. The molecule has 6 nitrogen and oxygen atoms in total. The number of hydrogen-bond donors (Lipinski definition) is 0. The Kier molecular flexibility index (Phi) is 4.89. The Balaban J connectivity index is 2.02. The lowest BCUT2D eigenvalue weighted by atomic mass is 10.00. The van der Waals surface area contributed by atoms with Crippen LogP contribution in [0.5, 0.6) is 5.75 Å². The van der Waals surface area contributed by atoms with Crippen LogP contribution in [0.4, 0.5) is 0 Å². The van der Waals surface area contributed by atoms with Crippen LogP contribution in [0.1, 0.15) is 42.6 Å². The second-order valence-corrected chi connectivity index (χ2v) is 8.00. The second kappa shape index (κ2) is 7.00. The maximum atomic E-state index is 12.5. The molecule has 0 spiro atoms. The van der Waals surface area contributed by atoms with Crippen LogP contribution in [0.3, 0.4) is 0 Å². The first-order chi connectivity index (χ1) is 12.7. The molecule has 0 N–H and O–H groups in total. The van der Waals surface area contributed by atoms with Gasteiger partial charge in [-0.05, 0) is 42.7 Å². The number of carbonyl (C=O) groups is 1. The quantitative estimate of drug-likeness (QED) is 0.375. The second-order valence-electron chi connectivity index (χ2n) is 6.45. The highest BCUT2D eigenvalue weighted by molar-refractivity contribution is 7.87. The minimum Gasteiger partial charge on any atom is -0.423 e.